The van der Waals surface area contributed by atoms with E-state index < -0.39 is 0 Å². The molecule has 0 atom stereocenters. The predicted octanol–water partition coefficient (Wildman–Crippen LogP) is 2.59. The summed E-state index contributed by atoms with van der Waals surface area (Å²) in [6, 6.07) is 3.99. The third-order valence-electron chi connectivity index (χ3n) is 1.76. The number of hydrogen-bond acceptors (Lipinski definition) is 3. The zero-order valence-electron chi connectivity index (χ0n) is 9.44. The number of rotatable bonds is 3. The van der Waals surface area contributed by atoms with Crippen LogP contribution in [0.3, 0.4) is 0 Å². The second-order valence-electron chi connectivity index (χ2n) is 2.88. The zero-order chi connectivity index (χ0) is 11.7. The molecule has 0 aliphatic rings. The van der Waals surface area contributed by atoms with E-state index in [2.05, 4.69) is 5.10 Å². The Morgan fingerprint density at radius 1 is 1.33 bits per heavy atom. The average Bonchev–Trinajstić information content (AvgIpc) is 2.68. The van der Waals surface area contributed by atoms with Crippen LogP contribution in [0.5, 0.6) is 0 Å². The third-order valence-corrected chi connectivity index (χ3v) is 1.76. The molecule has 0 aliphatic heterocycles. The largest absolute Gasteiger partial charge is 0.267 e. The Bertz CT molecular complexity index is 337. The Hall–Kier alpha value is -1.81. The minimum atomic E-state index is -0.108. The van der Waals surface area contributed by atoms with Crippen molar-refractivity contribution in [2.75, 3.05) is 0 Å². The van der Waals surface area contributed by atoms with Crippen molar-refractivity contribution in [3.63, 3.8) is 0 Å². The van der Waals surface area contributed by atoms with Gasteiger partial charge < -0.3 is 0 Å². The fraction of sp³-hybridized carbons (Fsp3) is 0.545. The van der Waals surface area contributed by atoms with Crippen LogP contribution in [0.2, 0.25) is 0 Å². The fourth-order valence-corrected chi connectivity index (χ4v) is 1.10. The zero-order valence-corrected chi connectivity index (χ0v) is 9.44. The van der Waals surface area contributed by atoms with Gasteiger partial charge in [-0.2, -0.15) is 15.6 Å². The van der Waals surface area contributed by atoms with Gasteiger partial charge in [-0.15, -0.1) is 0 Å². The molecule has 1 heterocycles. The van der Waals surface area contributed by atoms with E-state index in [4.69, 9.17) is 10.5 Å². The molecule has 0 bridgehead atoms. The molecule has 0 unspecified atom stereocenters. The van der Waals surface area contributed by atoms with Gasteiger partial charge in [0.2, 0.25) is 0 Å². The van der Waals surface area contributed by atoms with Crippen LogP contribution in [0.25, 0.3) is 0 Å². The van der Waals surface area contributed by atoms with Crippen molar-refractivity contribution in [3.05, 3.63) is 18.0 Å². The Morgan fingerprint density at radius 3 is 2.20 bits per heavy atom. The van der Waals surface area contributed by atoms with Crippen molar-refractivity contribution in [3.8, 4) is 12.1 Å². The van der Waals surface area contributed by atoms with Crippen LogP contribution < -0.4 is 0 Å². The van der Waals surface area contributed by atoms with Gasteiger partial charge in [-0.25, -0.2) is 0 Å². The van der Waals surface area contributed by atoms with Crippen molar-refractivity contribution in [1.29, 1.82) is 10.5 Å². The molecule has 80 valence electrons. The van der Waals surface area contributed by atoms with Crippen LogP contribution in [0, 0.1) is 29.6 Å². The molecule has 4 nitrogen and oxygen atoms in total. The summed E-state index contributed by atoms with van der Waals surface area (Å²) in [5, 5.41) is 21.1. The lowest BCUT2D eigenvalue weighted by Gasteiger charge is -2.09. The molecule has 1 aromatic rings. The number of nitriles is 2. The summed E-state index contributed by atoms with van der Waals surface area (Å²) < 4.78 is 1.68. The first-order chi connectivity index (χ1) is 7.27. The maximum atomic E-state index is 8.53. The summed E-state index contributed by atoms with van der Waals surface area (Å²) in [6.45, 7) is 5.93. The SMILES string of the molecule is CC.Cc1cnn(C(CC#N)CC#N)c1. The lowest BCUT2D eigenvalue weighted by atomic mass is 10.2. The molecule has 4 heteroatoms. The summed E-state index contributed by atoms with van der Waals surface area (Å²) >= 11 is 0. The Balaban J connectivity index is 0.000000921. The molecule has 0 fully saturated rings. The smallest absolute Gasteiger partial charge is 0.0778 e. The third kappa shape index (κ3) is 4.28. The first-order valence-electron chi connectivity index (χ1n) is 5.02. The van der Waals surface area contributed by atoms with E-state index in [1.165, 1.54) is 0 Å². The van der Waals surface area contributed by atoms with Crippen molar-refractivity contribution in [2.45, 2.75) is 39.7 Å². The highest BCUT2D eigenvalue weighted by atomic mass is 15.3. The first-order valence-corrected chi connectivity index (χ1v) is 5.02. The quantitative estimate of drug-likeness (QED) is 0.760. The molecular formula is C11H16N4. The highest BCUT2D eigenvalue weighted by molar-refractivity contribution is 5.01. The van der Waals surface area contributed by atoms with E-state index in [1.807, 2.05) is 39.1 Å². The highest BCUT2D eigenvalue weighted by Gasteiger charge is 2.10. The average molecular weight is 204 g/mol. The van der Waals surface area contributed by atoms with E-state index >= 15 is 0 Å². The second-order valence-corrected chi connectivity index (χ2v) is 2.88. The summed E-state index contributed by atoms with van der Waals surface area (Å²) in [4.78, 5) is 0. The molecule has 0 amide bonds. The Labute approximate surface area is 90.7 Å². The highest BCUT2D eigenvalue weighted by Crippen LogP contribution is 2.14. The molecule has 1 aromatic heterocycles. The van der Waals surface area contributed by atoms with Gasteiger partial charge in [0.15, 0.2) is 0 Å². The Morgan fingerprint density at radius 2 is 1.87 bits per heavy atom. The minimum Gasteiger partial charge on any atom is -0.267 e. The van der Waals surface area contributed by atoms with Crippen LogP contribution in [0.4, 0.5) is 0 Å². The second kappa shape index (κ2) is 7.58. The molecule has 0 aromatic carbocycles. The van der Waals surface area contributed by atoms with Gasteiger partial charge in [0, 0.05) is 6.20 Å². The Kier molecular flexibility index (Phi) is 6.67. The monoisotopic (exact) mass is 204 g/mol. The van der Waals surface area contributed by atoms with Gasteiger partial charge in [-0.05, 0) is 12.5 Å². The molecule has 0 radical (unpaired) electrons. The van der Waals surface area contributed by atoms with Crippen molar-refractivity contribution < 1.29 is 0 Å². The van der Waals surface area contributed by atoms with Crippen LogP contribution in [-0.2, 0) is 0 Å². The molecule has 0 N–H and O–H groups in total. The topological polar surface area (TPSA) is 65.4 Å². The normalized spacial score (nSPS) is 8.67. The summed E-state index contributed by atoms with van der Waals surface area (Å²) in [6.07, 6.45) is 4.23. The first kappa shape index (κ1) is 13.2. The lowest BCUT2D eigenvalue weighted by molar-refractivity contribution is 0.469. The minimum absolute atomic E-state index is 0.108. The van der Waals surface area contributed by atoms with Gasteiger partial charge in [-0.1, -0.05) is 13.8 Å². The molecular weight excluding hydrogens is 188 g/mol. The predicted molar refractivity (Wildman–Crippen MR) is 57.8 cm³/mol. The maximum Gasteiger partial charge on any atom is 0.0778 e. The lowest BCUT2D eigenvalue weighted by Crippen LogP contribution is -2.08. The van der Waals surface area contributed by atoms with E-state index in [9.17, 15) is 0 Å². The maximum absolute atomic E-state index is 8.53. The van der Waals surface area contributed by atoms with Crippen LogP contribution >= 0.6 is 0 Å². The number of aromatic nitrogens is 2. The van der Waals surface area contributed by atoms with Crippen molar-refractivity contribution >= 4 is 0 Å². The number of hydrogen-bond donors (Lipinski definition) is 0. The molecule has 0 spiro atoms. The summed E-state index contributed by atoms with van der Waals surface area (Å²) in [5.74, 6) is 0. The van der Waals surface area contributed by atoms with Crippen LogP contribution in [-0.4, -0.2) is 9.78 Å². The number of aryl methyl sites for hydroxylation is 1. The van der Waals surface area contributed by atoms with Crippen molar-refractivity contribution in [1.82, 2.24) is 9.78 Å². The molecule has 0 saturated heterocycles. The van der Waals surface area contributed by atoms with Crippen LogP contribution in [0.1, 0.15) is 38.3 Å². The molecule has 15 heavy (non-hydrogen) atoms. The van der Waals surface area contributed by atoms with Crippen LogP contribution in [0.15, 0.2) is 12.4 Å². The van der Waals surface area contributed by atoms with E-state index in [1.54, 1.807) is 10.9 Å². The number of nitrogens with zero attached hydrogens (tertiary/aromatic N) is 4. The summed E-state index contributed by atoms with van der Waals surface area (Å²) in [7, 11) is 0. The van der Waals surface area contributed by atoms with E-state index in [0.29, 0.717) is 12.8 Å². The van der Waals surface area contributed by atoms with Gasteiger partial charge in [-0.3, -0.25) is 4.68 Å². The molecule has 1 rings (SSSR count). The van der Waals surface area contributed by atoms with E-state index in [0.717, 1.165) is 5.56 Å². The van der Waals surface area contributed by atoms with Gasteiger partial charge in [0.1, 0.15) is 0 Å². The van der Waals surface area contributed by atoms with Gasteiger partial charge in [0.25, 0.3) is 0 Å². The standard InChI is InChI=1S/C9H10N4.C2H6/c1-8-6-12-13(7-8)9(2-4-10)3-5-11;1-2/h6-7,9H,2-3H2,1H3;1-2H3. The van der Waals surface area contributed by atoms with Gasteiger partial charge in [0.05, 0.1) is 37.2 Å². The van der Waals surface area contributed by atoms with E-state index in [-0.39, 0.29) is 6.04 Å². The fourth-order valence-electron chi connectivity index (χ4n) is 1.10. The molecule has 0 saturated carbocycles. The van der Waals surface area contributed by atoms with Gasteiger partial charge >= 0.3 is 0 Å². The summed E-state index contributed by atoms with van der Waals surface area (Å²) in [5.41, 5.74) is 1.04. The van der Waals surface area contributed by atoms with Crippen molar-refractivity contribution in [2.24, 2.45) is 0 Å². The molecule has 0 aliphatic carbocycles.